The molecule has 21 heavy (non-hydrogen) atoms. The number of anilines is 1. The molecule has 0 saturated carbocycles. The maximum atomic E-state index is 11.9. The Morgan fingerprint density at radius 2 is 2.00 bits per heavy atom. The molecule has 0 bridgehead atoms. The maximum Gasteiger partial charge on any atom is 0.292 e. The fourth-order valence-electron chi connectivity index (χ4n) is 2.17. The van der Waals surface area contributed by atoms with Crippen LogP contribution >= 0.6 is 0 Å². The van der Waals surface area contributed by atoms with E-state index in [9.17, 15) is 19.7 Å². The zero-order valence-electron chi connectivity index (χ0n) is 11.8. The van der Waals surface area contributed by atoms with E-state index in [1.165, 1.54) is 15.9 Å². The van der Waals surface area contributed by atoms with E-state index in [0.717, 1.165) is 0 Å². The molecule has 2 amide bonds. The zero-order chi connectivity index (χ0) is 15.6. The first kappa shape index (κ1) is 14.8. The Hall–Kier alpha value is -2.64. The molecule has 1 aliphatic rings. The van der Waals surface area contributed by atoms with E-state index in [1.54, 1.807) is 26.2 Å². The minimum absolute atomic E-state index is 0.00307. The summed E-state index contributed by atoms with van der Waals surface area (Å²) < 4.78 is 0. The molecule has 1 aliphatic heterocycles. The lowest BCUT2D eigenvalue weighted by Gasteiger charge is -2.31. The highest BCUT2D eigenvalue weighted by atomic mass is 16.6. The van der Waals surface area contributed by atoms with Crippen molar-refractivity contribution in [2.45, 2.75) is 6.54 Å². The van der Waals surface area contributed by atoms with Gasteiger partial charge >= 0.3 is 0 Å². The summed E-state index contributed by atoms with van der Waals surface area (Å²) in [7, 11) is 3.18. The Kier molecular flexibility index (Phi) is 4.06. The highest BCUT2D eigenvalue weighted by molar-refractivity contribution is 5.92. The SMILES string of the molecule is CNc1ccc(CN2CC(=O)N(C)CC2=O)cc1[N+](=O)[O-]. The zero-order valence-corrected chi connectivity index (χ0v) is 11.8. The Morgan fingerprint density at radius 1 is 1.29 bits per heavy atom. The third-order valence-corrected chi connectivity index (χ3v) is 3.38. The van der Waals surface area contributed by atoms with Crippen LogP contribution in [0.3, 0.4) is 0 Å². The van der Waals surface area contributed by atoms with Crippen LogP contribution in [-0.2, 0) is 16.1 Å². The first-order valence-electron chi connectivity index (χ1n) is 6.39. The molecule has 1 fully saturated rings. The van der Waals surface area contributed by atoms with E-state index in [2.05, 4.69) is 5.32 Å². The van der Waals surface area contributed by atoms with Gasteiger partial charge in [0.1, 0.15) is 12.2 Å². The number of carbonyl (C=O) groups excluding carboxylic acids is 2. The van der Waals surface area contributed by atoms with Crippen molar-refractivity contribution in [3.8, 4) is 0 Å². The van der Waals surface area contributed by atoms with Crippen molar-refractivity contribution in [1.29, 1.82) is 0 Å². The van der Waals surface area contributed by atoms with E-state index < -0.39 is 4.92 Å². The standard InChI is InChI=1S/C13H16N4O4/c1-14-10-4-3-9(5-11(10)17(20)21)6-16-8-12(18)15(2)7-13(16)19/h3-5,14H,6-8H2,1-2H3. The number of nitrogens with zero attached hydrogens (tertiary/aromatic N) is 3. The number of rotatable bonds is 4. The number of carbonyl (C=O) groups is 2. The molecule has 1 heterocycles. The van der Waals surface area contributed by atoms with Crippen molar-refractivity contribution in [2.24, 2.45) is 0 Å². The summed E-state index contributed by atoms with van der Waals surface area (Å²) in [6, 6.07) is 4.71. The van der Waals surface area contributed by atoms with Gasteiger partial charge in [-0.15, -0.1) is 0 Å². The highest BCUT2D eigenvalue weighted by Gasteiger charge is 2.27. The van der Waals surface area contributed by atoms with Crippen molar-refractivity contribution in [3.63, 3.8) is 0 Å². The predicted molar refractivity (Wildman–Crippen MR) is 75.7 cm³/mol. The molecule has 2 rings (SSSR count). The number of likely N-dealkylation sites (N-methyl/N-ethyl adjacent to an activating group) is 1. The summed E-state index contributed by atoms with van der Waals surface area (Å²) in [6.45, 7) is 0.218. The van der Waals surface area contributed by atoms with Crippen LogP contribution in [0.2, 0.25) is 0 Å². The normalized spacial score (nSPS) is 15.3. The number of nitro benzene ring substituents is 1. The predicted octanol–water partition coefficient (Wildman–Crippen LogP) is 0.437. The Balaban J connectivity index is 2.20. The minimum Gasteiger partial charge on any atom is -0.383 e. The molecule has 1 aromatic rings. The lowest BCUT2D eigenvalue weighted by Crippen LogP contribution is -2.51. The average Bonchev–Trinajstić information content (AvgIpc) is 2.44. The smallest absolute Gasteiger partial charge is 0.292 e. The fourth-order valence-corrected chi connectivity index (χ4v) is 2.17. The number of nitrogens with one attached hydrogen (secondary N) is 1. The third kappa shape index (κ3) is 3.10. The second-order valence-electron chi connectivity index (χ2n) is 4.86. The van der Waals surface area contributed by atoms with Crippen molar-refractivity contribution < 1.29 is 14.5 Å². The van der Waals surface area contributed by atoms with Crippen molar-refractivity contribution in [1.82, 2.24) is 9.80 Å². The Labute approximate surface area is 121 Å². The van der Waals surface area contributed by atoms with Crippen molar-refractivity contribution >= 4 is 23.2 Å². The summed E-state index contributed by atoms with van der Waals surface area (Å²) in [6.07, 6.45) is 0. The fraction of sp³-hybridized carbons (Fsp3) is 0.385. The maximum absolute atomic E-state index is 11.9. The molecule has 0 radical (unpaired) electrons. The molecular weight excluding hydrogens is 276 g/mol. The summed E-state index contributed by atoms with van der Waals surface area (Å²) >= 11 is 0. The number of amides is 2. The lowest BCUT2D eigenvalue weighted by atomic mass is 10.1. The molecule has 0 unspecified atom stereocenters. The van der Waals surface area contributed by atoms with E-state index >= 15 is 0 Å². The third-order valence-electron chi connectivity index (χ3n) is 3.38. The van der Waals surface area contributed by atoms with Gasteiger partial charge in [0.15, 0.2) is 0 Å². The molecular formula is C13H16N4O4. The summed E-state index contributed by atoms with van der Waals surface area (Å²) in [5, 5.41) is 13.8. The summed E-state index contributed by atoms with van der Waals surface area (Å²) in [5.74, 6) is -0.312. The molecule has 0 aromatic heterocycles. The number of nitro groups is 1. The second kappa shape index (κ2) is 5.78. The molecule has 1 aromatic carbocycles. The molecule has 0 atom stereocenters. The second-order valence-corrected chi connectivity index (χ2v) is 4.86. The van der Waals surface area contributed by atoms with Crippen LogP contribution in [-0.4, -0.2) is 53.7 Å². The van der Waals surface area contributed by atoms with E-state index in [-0.39, 0.29) is 37.1 Å². The van der Waals surface area contributed by atoms with E-state index in [1.807, 2.05) is 0 Å². The first-order valence-corrected chi connectivity index (χ1v) is 6.39. The highest BCUT2D eigenvalue weighted by Crippen LogP contribution is 2.25. The Bertz CT molecular complexity index is 602. The van der Waals surface area contributed by atoms with Gasteiger partial charge in [-0.25, -0.2) is 0 Å². The first-order chi connectivity index (χ1) is 9.92. The van der Waals surface area contributed by atoms with Crippen molar-refractivity contribution in [2.75, 3.05) is 32.5 Å². The van der Waals surface area contributed by atoms with Crippen LogP contribution < -0.4 is 5.32 Å². The monoisotopic (exact) mass is 292 g/mol. The largest absolute Gasteiger partial charge is 0.383 e. The van der Waals surface area contributed by atoms with Gasteiger partial charge in [0.05, 0.1) is 11.5 Å². The van der Waals surface area contributed by atoms with Crippen LogP contribution in [0.25, 0.3) is 0 Å². The van der Waals surface area contributed by atoms with E-state index in [4.69, 9.17) is 0 Å². The van der Waals surface area contributed by atoms with Gasteiger partial charge in [0, 0.05) is 26.7 Å². The molecule has 112 valence electrons. The van der Waals surface area contributed by atoms with Gasteiger partial charge in [-0.2, -0.15) is 0 Å². The summed E-state index contributed by atoms with van der Waals surface area (Å²) in [5.41, 5.74) is 0.971. The summed E-state index contributed by atoms with van der Waals surface area (Å²) in [4.78, 5) is 36.8. The molecule has 1 N–H and O–H groups in total. The van der Waals surface area contributed by atoms with E-state index in [0.29, 0.717) is 11.3 Å². The number of hydrogen-bond donors (Lipinski definition) is 1. The lowest BCUT2D eigenvalue weighted by molar-refractivity contribution is -0.384. The molecule has 1 saturated heterocycles. The van der Waals surface area contributed by atoms with Crippen LogP contribution in [0.15, 0.2) is 18.2 Å². The van der Waals surface area contributed by atoms with Crippen LogP contribution in [0.4, 0.5) is 11.4 Å². The van der Waals surface area contributed by atoms with Gasteiger partial charge in [-0.1, -0.05) is 6.07 Å². The average molecular weight is 292 g/mol. The van der Waals surface area contributed by atoms with Crippen LogP contribution in [0.5, 0.6) is 0 Å². The number of piperazine rings is 1. The van der Waals surface area contributed by atoms with Crippen LogP contribution in [0.1, 0.15) is 5.56 Å². The van der Waals surface area contributed by atoms with Gasteiger partial charge in [-0.3, -0.25) is 19.7 Å². The number of benzene rings is 1. The van der Waals surface area contributed by atoms with Crippen LogP contribution in [0, 0.1) is 10.1 Å². The van der Waals surface area contributed by atoms with Gasteiger partial charge in [0.25, 0.3) is 5.69 Å². The minimum atomic E-state index is -0.480. The molecule has 8 heteroatoms. The quantitative estimate of drug-likeness (QED) is 0.641. The molecule has 8 nitrogen and oxygen atoms in total. The van der Waals surface area contributed by atoms with Gasteiger partial charge in [-0.05, 0) is 11.6 Å². The molecule has 0 aliphatic carbocycles. The number of hydrogen-bond acceptors (Lipinski definition) is 5. The Morgan fingerprint density at radius 3 is 2.62 bits per heavy atom. The molecule has 0 spiro atoms. The topological polar surface area (TPSA) is 95.8 Å². The van der Waals surface area contributed by atoms with Gasteiger partial charge in [0.2, 0.25) is 11.8 Å². The van der Waals surface area contributed by atoms with Gasteiger partial charge < -0.3 is 15.1 Å². The van der Waals surface area contributed by atoms with Crippen molar-refractivity contribution in [3.05, 3.63) is 33.9 Å².